The maximum Gasteiger partial charge on any atom is 0.282 e. The predicted octanol–water partition coefficient (Wildman–Crippen LogP) is 2.28. The summed E-state index contributed by atoms with van der Waals surface area (Å²) in [6.45, 7) is 3.49. The van der Waals surface area contributed by atoms with Crippen LogP contribution in [-0.2, 0) is 4.79 Å². The summed E-state index contributed by atoms with van der Waals surface area (Å²) in [5.41, 5.74) is -1.36. The van der Waals surface area contributed by atoms with E-state index in [1.165, 1.54) is 0 Å². The summed E-state index contributed by atoms with van der Waals surface area (Å²) in [4.78, 5) is 22.2. The molecule has 1 aliphatic carbocycles. The van der Waals surface area contributed by atoms with Crippen molar-refractivity contribution < 1.29 is 9.72 Å². The smallest absolute Gasteiger partial charge is 0.282 e. The number of hydrogen-bond donors (Lipinski definition) is 0. The Balaban J connectivity index is 2.85. The van der Waals surface area contributed by atoms with Crippen LogP contribution in [0.25, 0.3) is 0 Å². The largest absolute Gasteiger partial charge is 0.292 e. The molecule has 82 valence electrons. The highest BCUT2D eigenvalue weighted by molar-refractivity contribution is 5.87. The van der Waals surface area contributed by atoms with Crippen LogP contribution in [0.1, 0.15) is 32.1 Å². The summed E-state index contributed by atoms with van der Waals surface area (Å²) >= 11 is 0. The Kier molecular flexibility index (Phi) is 3.77. The van der Waals surface area contributed by atoms with E-state index in [0.717, 1.165) is 12.8 Å². The molecular weight excluding hydrogens is 194 g/mol. The molecule has 0 aliphatic heterocycles. The zero-order valence-corrected chi connectivity index (χ0v) is 8.65. The maximum absolute atomic E-state index is 11.7. The van der Waals surface area contributed by atoms with Crippen molar-refractivity contribution in [2.75, 3.05) is 0 Å². The average molecular weight is 209 g/mol. The molecule has 0 aromatic carbocycles. The van der Waals surface area contributed by atoms with E-state index in [0.29, 0.717) is 12.8 Å². The zero-order chi connectivity index (χ0) is 11.3. The van der Waals surface area contributed by atoms with Gasteiger partial charge in [-0.05, 0) is 12.8 Å². The molecule has 0 aromatic rings. The molecule has 1 aliphatic rings. The van der Waals surface area contributed by atoms with Gasteiger partial charge in [-0.3, -0.25) is 14.9 Å². The van der Waals surface area contributed by atoms with Crippen molar-refractivity contribution in [3.8, 4) is 0 Å². The number of hydrogen-bond acceptors (Lipinski definition) is 3. The normalized spacial score (nSPS) is 26.8. The number of rotatable bonds is 4. The Morgan fingerprint density at radius 3 is 2.80 bits per heavy atom. The van der Waals surface area contributed by atoms with Crippen LogP contribution in [0, 0.1) is 10.1 Å². The molecule has 0 radical (unpaired) electrons. The minimum atomic E-state index is -1.36. The second kappa shape index (κ2) is 4.87. The molecule has 1 saturated carbocycles. The summed E-state index contributed by atoms with van der Waals surface area (Å²) in [5.74, 6) is -0.229. The van der Waals surface area contributed by atoms with Crippen LogP contribution in [-0.4, -0.2) is 16.2 Å². The summed E-state index contributed by atoms with van der Waals surface area (Å²) in [6, 6.07) is 0. The topological polar surface area (TPSA) is 60.2 Å². The van der Waals surface area contributed by atoms with Crippen LogP contribution in [0.3, 0.4) is 0 Å². The van der Waals surface area contributed by atoms with Gasteiger partial charge in [-0.1, -0.05) is 24.8 Å². The van der Waals surface area contributed by atoms with E-state index in [4.69, 9.17) is 0 Å². The monoisotopic (exact) mass is 209 g/mol. The number of allylic oxidation sites excluding steroid dienone is 2. The molecule has 4 nitrogen and oxygen atoms in total. The summed E-state index contributed by atoms with van der Waals surface area (Å²) in [6.07, 6.45) is 7.27. The van der Waals surface area contributed by atoms with E-state index in [1.54, 1.807) is 18.2 Å². The van der Waals surface area contributed by atoms with Crippen LogP contribution in [0.4, 0.5) is 0 Å². The molecule has 1 unspecified atom stereocenters. The van der Waals surface area contributed by atoms with Gasteiger partial charge in [-0.25, -0.2) is 0 Å². The highest BCUT2D eigenvalue weighted by atomic mass is 16.6. The van der Waals surface area contributed by atoms with Gasteiger partial charge in [-0.2, -0.15) is 0 Å². The quantitative estimate of drug-likeness (QED) is 0.405. The van der Waals surface area contributed by atoms with Gasteiger partial charge in [0.1, 0.15) is 0 Å². The van der Waals surface area contributed by atoms with Crippen molar-refractivity contribution in [1.82, 2.24) is 0 Å². The van der Waals surface area contributed by atoms with Gasteiger partial charge in [0.05, 0.1) is 0 Å². The van der Waals surface area contributed by atoms with Gasteiger partial charge in [0.15, 0.2) is 0 Å². The van der Waals surface area contributed by atoms with Crippen LogP contribution >= 0.6 is 0 Å². The first kappa shape index (κ1) is 11.6. The third kappa shape index (κ3) is 2.32. The van der Waals surface area contributed by atoms with Crippen molar-refractivity contribution in [2.45, 2.75) is 37.6 Å². The van der Waals surface area contributed by atoms with Gasteiger partial charge in [0, 0.05) is 24.2 Å². The van der Waals surface area contributed by atoms with Crippen LogP contribution < -0.4 is 0 Å². The van der Waals surface area contributed by atoms with Gasteiger partial charge >= 0.3 is 0 Å². The minimum Gasteiger partial charge on any atom is -0.292 e. The molecular formula is C11H15NO3. The number of ketones is 1. The van der Waals surface area contributed by atoms with Crippen molar-refractivity contribution in [1.29, 1.82) is 0 Å². The van der Waals surface area contributed by atoms with E-state index < -0.39 is 10.5 Å². The van der Waals surface area contributed by atoms with Crippen molar-refractivity contribution in [3.05, 3.63) is 34.9 Å². The molecule has 0 aromatic heterocycles. The van der Waals surface area contributed by atoms with E-state index in [-0.39, 0.29) is 12.2 Å². The lowest BCUT2D eigenvalue weighted by Gasteiger charge is -2.26. The molecule has 0 amide bonds. The van der Waals surface area contributed by atoms with Crippen molar-refractivity contribution >= 4 is 5.78 Å². The van der Waals surface area contributed by atoms with Gasteiger partial charge in [-0.15, -0.1) is 0 Å². The molecule has 0 saturated heterocycles. The third-order valence-corrected chi connectivity index (χ3v) is 2.84. The zero-order valence-electron chi connectivity index (χ0n) is 8.65. The van der Waals surface area contributed by atoms with Crippen LogP contribution in [0.15, 0.2) is 24.8 Å². The Morgan fingerprint density at radius 2 is 2.27 bits per heavy atom. The van der Waals surface area contributed by atoms with Crippen molar-refractivity contribution in [3.63, 3.8) is 0 Å². The fourth-order valence-corrected chi connectivity index (χ4v) is 1.92. The second-order valence-corrected chi connectivity index (χ2v) is 3.79. The van der Waals surface area contributed by atoms with E-state index >= 15 is 0 Å². The SMILES string of the molecule is C=C/C=C/CC1([N+](=O)[O-])CCCCC1=O. The Hall–Kier alpha value is -1.45. The first-order valence-corrected chi connectivity index (χ1v) is 5.09. The number of nitrogens with zero attached hydrogens (tertiary/aromatic N) is 1. The lowest BCUT2D eigenvalue weighted by Crippen LogP contribution is -2.48. The van der Waals surface area contributed by atoms with E-state index in [2.05, 4.69) is 6.58 Å². The predicted molar refractivity (Wildman–Crippen MR) is 57.2 cm³/mol. The van der Waals surface area contributed by atoms with Crippen molar-refractivity contribution in [2.24, 2.45) is 0 Å². The first-order valence-electron chi connectivity index (χ1n) is 5.09. The van der Waals surface area contributed by atoms with Crippen LogP contribution in [0.5, 0.6) is 0 Å². The van der Waals surface area contributed by atoms with E-state index in [1.807, 2.05) is 0 Å². The number of carbonyl (C=O) groups excluding carboxylic acids is 1. The molecule has 1 fully saturated rings. The average Bonchev–Trinajstić information content (AvgIpc) is 2.21. The third-order valence-electron chi connectivity index (χ3n) is 2.84. The number of Topliss-reactive ketones (excluding diaryl/α,β-unsaturated/α-hetero) is 1. The minimum absolute atomic E-state index is 0.185. The summed E-state index contributed by atoms with van der Waals surface area (Å²) < 4.78 is 0. The lowest BCUT2D eigenvalue weighted by atomic mass is 9.78. The Bertz CT molecular complexity index is 309. The highest BCUT2D eigenvalue weighted by Gasteiger charge is 2.50. The number of carbonyl (C=O) groups is 1. The van der Waals surface area contributed by atoms with Gasteiger partial charge in [0.25, 0.3) is 5.54 Å². The first-order chi connectivity index (χ1) is 7.13. The fraction of sp³-hybridized carbons (Fsp3) is 0.545. The molecule has 0 bridgehead atoms. The molecule has 1 atom stereocenters. The molecule has 0 spiro atoms. The maximum atomic E-state index is 11.7. The summed E-state index contributed by atoms with van der Waals surface area (Å²) in [7, 11) is 0. The lowest BCUT2D eigenvalue weighted by molar-refractivity contribution is -0.553. The molecule has 15 heavy (non-hydrogen) atoms. The second-order valence-electron chi connectivity index (χ2n) is 3.79. The fourth-order valence-electron chi connectivity index (χ4n) is 1.92. The van der Waals surface area contributed by atoms with Gasteiger partial charge in [0.2, 0.25) is 5.78 Å². The molecule has 1 rings (SSSR count). The van der Waals surface area contributed by atoms with Crippen LogP contribution in [0.2, 0.25) is 0 Å². The Morgan fingerprint density at radius 1 is 1.53 bits per heavy atom. The highest BCUT2D eigenvalue weighted by Crippen LogP contribution is 2.31. The van der Waals surface area contributed by atoms with Gasteiger partial charge < -0.3 is 0 Å². The summed E-state index contributed by atoms with van der Waals surface area (Å²) in [5, 5.41) is 11.0. The molecule has 0 N–H and O–H groups in total. The standard InChI is InChI=1S/C11H15NO3/c1-2-3-5-8-11(12(14)15)9-6-4-7-10(11)13/h2-3,5H,1,4,6-9H2/b5-3+. The molecule has 4 heteroatoms. The Labute approximate surface area is 88.8 Å². The van der Waals surface area contributed by atoms with E-state index in [9.17, 15) is 14.9 Å². The number of nitro groups is 1. The molecule has 0 heterocycles.